The van der Waals surface area contributed by atoms with Crippen LogP contribution in [-0.4, -0.2) is 40.8 Å². The fraction of sp³-hybridized carbons (Fsp3) is 0.692. The number of amides is 1. The fourth-order valence-electron chi connectivity index (χ4n) is 1.94. The highest BCUT2D eigenvalue weighted by Crippen LogP contribution is 2.34. The van der Waals surface area contributed by atoms with Crippen LogP contribution >= 0.6 is 0 Å². The number of aliphatic carboxylic acids is 1. The second-order valence-electron chi connectivity index (χ2n) is 5.62. The smallest absolute Gasteiger partial charge is 0.410 e. The topological polar surface area (TPSA) is 66.8 Å². The molecule has 0 spiro atoms. The fourth-order valence-corrected chi connectivity index (χ4v) is 1.94. The maximum atomic E-state index is 11.8. The number of ether oxygens (including phenoxy) is 1. The summed E-state index contributed by atoms with van der Waals surface area (Å²) in [6.07, 6.45) is 5.22. The molecular formula is C13H19NO4. The molecule has 1 atom stereocenters. The molecule has 1 aliphatic heterocycles. The van der Waals surface area contributed by atoms with Gasteiger partial charge in [0.2, 0.25) is 0 Å². The minimum Gasteiger partial charge on any atom is -0.481 e. The van der Waals surface area contributed by atoms with Crippen LogP contribution in [0.5, 0.6) is 0 Å². The zero-order valence-electron chi connectivity index (χ0n) is 11.0. The Kier molecular flexibility index (Phi) is 3.90. The Morgan fingerprint density at radius 3 is 2.56 bits per heavy atom. The van der Waals surface area contributed by atoms with Crippen LogP contribution in [0.25, 0.3) is 0 Å². The summed E-state index contributed by atoms with van der Waals surface area (Å²) in [5, 5.41) is 9.25. The van der Waals surface area contributed by atoms with Crippen molar-refractivity contribution < 1.29 is 19.4 Å². The molecule has 0 aromatic heterocycles. The SMILES string of the molecule is C#CCC1(C(=O)O)CCN(C(=O)OC(C)(C)C)C1. The van der Waals surface area contributed by atoms with Crippen molar-refractivity contribution >= 4 is 12.1 Å². The molecule has 1 unspecified atom stereocenters. The van der Waals surface area contributed by atoms with Crippen LogP contribution < -0.4 is 0 Å². The third-order valence-electron chi connectivity index (χ3n) is 2.90. The Morgan fingerprint density at radius 1 is 1.50 bits per heavy atom. The van der Waals surface area contributed by atoms with E-state index in [1.54, 1.807) is 20.8 Å². The Labute approximate surface area is 107 Å². The molecule has 1 aliphatic rings. The van der Waals surface area contributed by atoms with E-state index in [0.29, 0.717) is 13.0 Å². The van der Waals surface area contributed by atoms with Crippen molar-refractivity contribution in [2.75, 3.05) is 13.1 Å². The number of carboxylic acids is 1. The molecule has 1 saturated heterocycles. The lowest BCUT2D eigenvalue weighted by Gasteiger charge is -2.26. The van der Waals surface area contributed by atoms with Gasteiger partial charge in [-0.3, -0.25) is 4.79 Å². The third kappa shape index (κ3) is 3.16. The largest absolute Gasteiger partial charge is 0.481 e. The zero-order chi connectivity index (χ0) is 14.0. The van der Waals surface area contributed by atoms with E-state index in [1.165, 1.54) is 4.90 Å². The van der Waals surface area contributed by atoms with Crippen molar-refractivity contribution in [2.45, 2.75) is 39.2 Å². The summed E-state index contributed by atoms with van der Waals surface area (Å²) < 4.78 is 5.22. The van der Waals surface area contributed by atoms with Crippen molar-refractivity contribution in [2.24, 2.45) is 5.41 Å². The van der Waals surface area contributed by atoms with E-state index in [2.05, 4.69) is 5.92 Å². The van der Waals surface area contributed by atoms with Crippen molar-refractivity contribution in [1.82, 2.24) is 4.90 Å². The van der Waals surface area contributed by atoms with Crippen LogP contribution in [0.1, 0.15) is 33.6 Å². The number of carboxylic acid groups (broad SMARTS) is 1. The summed E-state index contributed by atoms with van der Waals surface area (Å²) >= 11 is 0. The van der Waals surface area contributed by atoms with E-state index in [9.17, 15) is 14.7 Å². The molecule has 1 fully saturated rings. The van der Waals surface area contributed by atoms with E-state index in [0.717, 1.165) is 0 Å². The highest BCUT2D eigenvalue weighted by atomic mass is 16.6. The quantitative estimate of drug-likeness (QED) is 0.761. The van der Waals surface area contributed by atoms with Gasteiger partial charge >= 0.3 is 12.1 Å². The van der Waals surface area contributed by atoms with Crippen LogP contribution in [0.4, 0.5) is 4.79 Å². The number of terminal acetylenes is 1. The molecule has 0 saturated carbocycles. The number of rotatable bonds is 2. The second-order valence-corrected chi connectivity index (χ2v) is 5.62. The first-order chi connectivity index (χ1) is 8.20. The van der Waals surface area contributed by atoms with Gasteiger partial charge in [0, 0.05) is 19.5 Å². The van der Waals surface area contributed by atoms with Crippen LogP contribution in [0, 0.1) is 17.8 Å². The first-order valence-corrected chi connectivity index (χ1v) is 5.85. The Hall–Kier alpha value is -1.70. The Balaban J connectivity index is 2.73. The maximum Gasteiger partial charge on any atom is 0.410 e. The van der Waals surface area contributed by atoms with E-state index in [-0.39, 0.29) is 13.0 Å². The summed E-state index contributed by atoms with van der Waals surface area (Å²) in [5.41, 5.74) is -1.61. The molecule has 0 radical (unpaired) electrons. The lowest BCUT2D eigenvalue weighted by atomic mass is 9.84. The van der Waals surface area contributed by atoms with Crippen LogP contribution in [0.15, 0.2) is 0 Å². The standard InChI is InChI=1S/C13H19NO4/c1-5-6-13(10(15)16)7-8-14(9-13)11(17)18-12(2,3)4/h1H,6-9H2,2-4H3,(H,15,16). The first kappa shape index (κ1) is 14.4. The van der Waals surface area contributed by atoms with Crippen molar-refractivity contribution in [1.29, 1.82) is 0 Å². The average molecular weight is 253 g/mol. The Bertz CT molecular complexity index is 391. The van der Waals surface area contributed by atoms with Gasteiger partial charge in [0.15, 0.2) is 0 Å². The molecular weight excluding hydrogens is 234 g/mol. The molecule has 0 aromatic rings. The van der Waals surface area contributed by atoms with E-state index in [1.807, 2.05) is 0 Å². The first-order valence-electron chi connectivity index (χ1n) is 5.85. The van der Waals surface area contributed by atoms with Crippen LogP contribution in [0.3, 0.4) is 0 Å². The normalized spacial score (nSPS) is 23.6. The summed E-state index contributed by atoms with van der Waals surface area (Å²) in [4.78, 5) is 24.5. The van der Waals surface area contributed by atoms with Crippen LogP contribution in [-0.2, 0) is 9.53 Å². The minimum absolute atomic E-state index is 0.113. The number of carbonyl (C=O) groups is 2. The lowest BCUT2D eigenvalue weighted by molar-refractivity contribution is -0.147. The molecule has 1 heterocycles. The molecule has 0 bridgehead atoms. The number of hydrogen-bond acceptors (Lipinski definition) is 3. The van der Waals surface area contributed by atoms with E-state index >= 15 is 0 Å². The molecule has 5 nitrogen and oxygen atoms in total. The lowest BCUT2D eigenvalue weighted by Crippen LogP contribution is -2.39. The highest BCUT2D eigenvalue weighted by Gasteiger charge is 2.46. The second kappa shape index (κ2) is 4.89. The van der Waals surface area contributed by atoms with Gasteiger partial charge in [-0.15, -0.1) is 12.3 Å². The maximum absolute atomic E-state index is 11.8. The number of carbonyl (C=O) groups excluding carboxylic acids is 1. The monoisotopic (exact) mass is 253 g/mol. The van der Waals surface area contributed by atoms with E-state index < -0.39 is 23.1 Å². The van der Waals surface area contributed by atoms with Gasteiger partial charge in [-0.05, 0) is 27.2 Å². The van der Waals surface area contributed by atoms with Crippen LogP contribution in [0.2, 0.25) is 0 Å². The molecule has 0 aromatic carbocycles. The van der Waals surface area contributed by atoms with Crippen molar-refractivity contribution in [3.63, 3.8) is 0 Å². The van der Waals surface area contributed by atoms with Crippen molar-refractivity contribution in [3.05, 3.63) is 0 Å². The average Bonchev–Trinajstić information content (AvgIpc) is 2.61. The summed E-state index contributed by atoms with van der Waals surface area (Å²) in [7, 11) is 0. The van der Waals surface area contributed by atoms with E-state index in [4.69, 9.17) is 11.2 Å². The molecule has 100 valence electrons. The number of hydrogen-bond donors (Lipinski definition) is 1. The highest BCUT2D eigenvalue weighted by molar-refractivity contribution is 5.78. The summed E-state index contributed by atoms with van der Waals surface area (Å²) in [6.45, 7) is 5.79. The van der Waals surface area contributed by atoms with Gasteiger partial charge < -0.3 is 14.7 Å². The molecule has 1 amide bonds. The Morgan fingerprint density at radius 2 is 2.11 bits per heavy atom. The zero-order valence-corrected chi connectivity index (χ0v) is 11.0. The number of nitrogens with zero attached hydrogens (tertiary/aromatic N) is 1. The van der Waals surface area contributed by atoms with Gasteiger partial charge in [0.1, 0.15) is 5.60 Å². The molecule has 0 aliphatic carbocycles. The van der Waals surface area contributed by atoms with Gasteiger partial charge in [-0.2, -0.15) is 0 Å². The molecule has 5 heteroatoms. The summed E-state index contributed by atoms with van der Waals surface area (Å²) in [6, 6.07) is 0. The van der Waals surface area contributed by atoms with Gasteiger partial charge in [-0.25, -0.2) is 4.79 Å². The van der Waals surface area contributed by atoms with Gasteiger partial charge in [0.25, 0.3) is 0 Å². The molecule has 1 rings (SSSR count). The van der Waals surface area contributed by atoms with Crippen molar-refractivity contribution in [3.8, 4) is 12.3 Å². The predicted octanol–water partition coefficient (Wildman–Crippen LogP) is 1.72. The number of likely N-dealkylation sites (tertiary alicyclic amines) is 1. The van der Waals surface area contributed by atoms with Gasteiger partial charge in [-0.1, -0.05) is 0 Å². The van der Waals surface area contributed by atoms with Gasteiger partial charge in [0.05, 0.1) is 5.41 Å². The predicted molar refractivity (Wildman–Crippen MR) is 65.9 cm³/mol. The molecule has 18 heavy (non-hydrogen) atoms. The minimum atomic E-state index is -1.02. The third-order valence-corrected chi connectivity index (χ3v) is 2.90. The summed E-state index contributed by atoms with van der Waals surface area (Å²) in [5.74, 6) is 1.43. The molecule has 1 N–H and O–H groups in total.